The van der Waals surface area contributed by atoms with Gasteiger partial charge >= 0.3 is 6.03 Å². The average Bonchev–Trinajstić information content (AvgIpc) is 3.49. The Bertz CT molecular complexity index is 1410. The summed E-state index contributed by atoms with van der Waals surface area (Å²) in [6, 6.07) is -2.93. The Hall–Kier alpha value is -2.60. The molecular weight excluding hydrogens is 657 g/mol. The SMILES string of the molecule is C=CCCC(=O)C(=O)C(CC(=O)[C@@H]1[C@H]2CCC(C)(C)[C@H]2CN1C(=O)[C@@H](NC(=O)N[C@H](CN(C)S(C)(=O)=O)C(C)(C)C)C(C)(C)C)CC1CCC1. The summed E-state index contributed by atoms with van der Waals surface area (Å²) < 4.78 is 25.5. The van der Waals surface area contributed by atoms with Crippen molar-refractivity contribution in [2.75, 3.05) is 26.4 Å². The molecule has 0 spiro atoms. The van der Waals surface area contributed by atoms with Gasteiger partial charge in [-0.2, -0.15) is 0 Å². The molecule has 2 saturated carbocycles. The van der Waals surface area contributed by atoms with Crippen molar-refractivity contribution in [2.24, 2.45) is 39.9 Å². The summed E-state index contributed by atoms with van der Waals surface area (Å²) in [4.78, 5) is 70.7. The third kappa shape index (κ3) is 10.3. The van der Waals surface area contributed by atoms with Crippen LogP contribution in [-0.2, 0) is 29.2 Å². The molecule has 0 bridgehead atoms. The lowest BCUT2D eigenvalue weighted by Gasteiger charge is -2.38. The van der Waals surface area contributed by atoms with Gasteiger partial charge in [-0.3, -0.25) is 19.2 Å². The normalized spacial score (nSPS) is 24.1. The summed E-state index contributed by atoms with van der Waals surface area (Å²) in [5.74, 6) is -1.92. The molecule has 0 aromatic carbocycles. The Labute approximate surface area is 301 Å². The Morgan fingerprint density at radius 1 is 1.00 bits per heavy atom. The number of hydrogen-bond acceptors (Lipinski definition) is 7. The first-order valence-electron chi connectivity index (χ1n) is 18.4. The van der Waals surface area contributed by atoms with Gasteiger partial charge < -0.3 is 15.5 Å². The zero-order valence-electron chi connectivity index (χ0n) is 32.3. The lowest BCUT2D eigenvalue weighted by Crippen LogP contribution is -2.61. The molecule has 3 amide bonds. The summed E-state index contributed by atoms with van der Waals surface area (Å²) in [5, 5.41) is 5.82. The number of fused-ring (bicyclic) bond motifs is 1. The zero-order valence-corrected chi connectivity index (χ0v) is 33.1. The van der Waals surface area contributed by atoms with E-state index in [0.29, 0.717) is 25.3 Å². The summed E-state index contributed by atoms with van der Waals surface area (Å²) in [7, 11) is -2.04. The van der Waals surface area contributed by atoms with Crippen molar-refractivity contribution >= 4 is 39.3 Å². The van der Waals surface area contributed by atoms with Gasteiger partial charge in [-0.15, -0.1) is 6.58 Å². The molecule has 1 heterocycles. The van der Waals surface area contributed by atoms with Crippen molar-refractivity contribution in [3.8, 4) is 0 Å². The highest BCUT2D eigenvalue weighted by Gasteiger charge is 2.57. The number of allylic oxidation sites excluding steroid dienone is 1. The molecular formula is C38H64N4O7S. The van der Waals surface area contributed by atoms with Crippen LogP contribution in [-0.4, -0.2) is 91.4 Å². The predicted molar refractivity (Wildman–Crippen MR) is 196 cm³/mol. The second kappa shape index (κ2) is 16.0. The van der Waals surface area contributed by atoms with E-state index in [1.54, 1.807) is 11.0 Å². The maximum absolute atomic E-state index is 14.7. The van der Waals surface area contributed by atoms with Crippen LogP contribution in [0.1, 0.15) is 113 Å². The third-order valence-electron chi connectivity index (χ3n) is 11.6. The molecule has 3 aliphatic rings. The predicted octanol–water partition coefficient (Wildman–Crippen LogP) is 5.14. The number of carbonyl (C=O) groups excluding carboxylic acids is 5. The first-order valence-corrected chi connectivity index (χ1v) is 20.2. The molecule has 3 rings (SSSR count). The molecule has 3 fully saturated rings. The molecule has 6 atom stereocenters. The van der Waals surface area contributed by atoms with E-state index in [2.05, 4.69) is 31.1 Å². The van der Waals surface area contributed by atoms with E-state index >= 15 is 0 Å². The maximum atomic E-state index is 14.7. The first-order chi connectivity index (χ1) is 22.9. The van der Waals surface area contributed by atoms with Gasteiger partial charge in [0.05, 0.1) is 12.3 Å². The van der Waals surface area contributed by atoms with E-state index in [9.17, 15) is 32.4 Å². The van der Waals surface area contributed by atoms with Crippen LogP contribution in [0.25, 0.3) is 0 Å². The monoisotopic (exact) mass is 720 g/mol. The Balaban J connectivity index is 1.91. The number of rotatable bonds is 16. The number of likely N-dealkylation sites (N-methyl/N-ethyl adjacent to an activating group) is 1. The largest absolute Gasteiger partial charge is 0.334 e. The number of nitrogens with zero attached hydrogens (tertiary/aromatic N) is 2. The molecule has 1 saturated heterocycles. The number of urea groups is 1. The number of amides is 3. The van der Waals surface area contributed by atoms with Crippen molar-refractivity contribution in [1.82, 2.24) is 19.8 Å². The number of likely N-dealkylation sites (tertiary alicyclic amines) is 1. The fourth-order valence-corrected chi connectivity index (χ4v) is 8.32. The van der Waals surface area contributed by atoms with Crippen molar-refractivity contribution in [1.29, 1.82) is 0 Å². The topological polar surface area (TPSA) is 150 Å². The van der Waals surface area contributed by atoms with Crippen LogP contribution in [0.15, 0.2) is 12.7 Å². The Morgan fingerprint density at radius 3 is 2.12 bits per heavy atom. The number of nitrogens with one attached hydrogen (secondary N) is 2. The number of sulfonamides is 1. The van der Waals surface area contributed by atoms with Gasteiger partial charge in [-0.05, 0) is 59.7 Å². The lowest BCUT2D eigenvalue weighted by atomic mass is 9.74. The molecule has 1 aliphatic heterocycles. The van der Waals surface area contributed by atoms with Gasteiger partial charge in [0.2, 0.25) is 21.7 Å². The van der Waals surface area contributed by atoms with Crippen molar-refractivity contribution in [3.05, 3.63) is 12.7 Å². The highest BCUT2D eigenvalue weighted by atomic mass is 32.2. The van der Waals surface area contributed by atoms with Gasteiger partial charge in [0.25, 0.3) is 0 Å². The maximum Gasteiger partial charge on any atom is 0.315 e. The van der Waals surface area contributed by atoms with Gasteiger partial charge in [0.15, 0.2) is 11.6 Å². The molecule has 11 nitrogen and oxygen atoms in total. The number of Topliss-reactive ketones (excluding diaryl/α,β-unsaturated/α-hetero) is 3. The summed E-state index contributed by atoms with van der Waals surface area (Å²) in [6.45, 7) is 19.7. The summed E-state index contributed by atoms with van der Waals surface area (Å²) in [5.41, 5.74) is -1.35. The van der Waals surface area contributed by atoms with Crippen molar-refractivity contribution in [2.45, 2.75) is 131 Å². The molecule has 2 aliphatic carbocycles. The Kier molecular flexibility index (Phi) is 13.4. The van der Waals surface area contributed by atoms with Crippen LogP contribution in [0.3, 0.4) is 0 Å². The smallest absolute Gasteiger partial charge is 0.315 e. The molecule has 284 valence electrons. The number of hydrogen-bond donors (Lipinski definition) is 2. The van der Waals surface area contributed by atoms with Crippen molar-refractivity contribution in [3.63, 3.8) is 0 Å². The van der Waals surface area contributed by atoms with Gasteiger partial charge in [0, 0.05) is 44.9 Å². The molecule has 1 unspecified atom stereocenters. The van der Waals surface area contributed by atoms with Crippen LogP contribution in [0.2, 0.25) is 0 Å². The molecule has 2 N–H and O–H groups in total. The van der Waals surface area contributed by atoms with Crippen LogP contribution in [0.4, 0.5) is 4.79 Å². The number of ketones is 3. The highest BCUT2D eigenvalue weighted by molar-refractivity contribution is 7.88. The van der Waals surface area contributed by atoms with E-state index < -0.39 is 62.5 Å². The fraction of sp³-hybridized carbons (Fsp3) is 0.816. The molecule has 0 aromatic heterocycles. The molecule has 0 radical (unpaired) electrons. The fourth-order valence-electron chi connectivity index (χ4n) is 7.90. The molecule has 0 aromatic rings. The van der Waals surface area contributed by atoms with Crippen LogP contribution in [0, 0.1) is 39.9 Å². The number of carbonyl (C=O) groups is 5. The minimum absolute atomic E-state index is 0.0435. The first kappa shape index (κ1) is 41.8. The molecule has 12 heteroatoms. The Morgan fingerprint density at radius 2 is 1.62 bits per heavy atom. The average molecular weight is 721 g/mol. The highest BCUT2D eigenvalue weighted by Crippen LogP contribution is 2.53. The molecule has 50 heavy (non-hydrogen) atoms. The zero-order chi connectivity index (χ0) is 38.0. The minimum atomic E-state index is -3.50. The van der Waals surface area contributed by atoms with E-state index in [0.717, 1.165) is 38.4 Å². The second-order valence-electron chi connectivity index (χ2n) is 18.1. The van der Waals surface area contributed by atoms with Gasteiger partial charge in [-0.1, -0.05) is 80.7 Å². The lowest BCUT2D eigenvalue weighted by molar-refractivity contribution is -0.144. The minimum Gasteiger partial charge on any atom is -0.334 e. The quantitative estimate of drug-likeness (QED) is 0.166. The van der Waals surface area contributed by atoms with E-state index in [1.807, 2.05) is 41.5 Å². The summed E-state index contributed by atoms with van der Waals surface area (Å²) >= 11 is 0. The van der Waals surface area contributed by atoms with Gasteiger partial charge in [0.1, 0.15) is 6.04 Å². The second-order valence-corrected chi connectivity index (χ2v) is 20.2. The van der Waals surface area contributed by atoms with E-state index in [1.165, 1.54) is 11.4 Å². The van der Waals surface area contributed by atoms with Crippen LogP contribution in [0.5, 0.6) is 0 Å². The van der Waals surface area contributed by atoms with Crippen molar-refractivity contribution < 1.29 is 32.4 Å². The third-order valence-corrected chi connectivity index (χ3v) is 12.9. The van der Waals surface area contributed by atoms with Gasteiger partial charge in [-0.25, -0.2) is 17.5 Å². The van der Waals surface area contributed by atoms with E-state index in [4.69, 9.17) is 0 Å². The van der Waals surface area contributed by atoms with Crippen LogP contribution >= 0.6 is 0 Å². The standard InChI is InChI=1S/C38H64N4O7S/c1-12-13-17-28(43)32(45)25(20-24-15-14-16-24)21-29(44)31-26-18-19-38(8,9)27(26)22-42(31)34(46)33(37(5,6)7)40-35(47)39-30(36(2,3)4)23-41(10)50(11,48)49/h12,24-27,30-31,33H,1,13-23H2,2-11H3,(H2,39,40,47)/t25?,26-,27-,30+,31-,33+/m0/s1. The van der Waals surface area contributed by atoms with E-state index in [-0.39, 0.29) is 48.3 Å². The van der Waals surface area contributed by atoms with Crippen LogP contribution < -0.4 is 10.6 Å². The summed E-state index contributed by atoms with van der Waals surface area (Å²) in [6.07, 6.45) is 8.34.